The molecule has 4 rings (SSSR count). The van der Waals surface area contributed by atoms with E-state index in [1.165, 1.54) is 10.9 Å². The summed E-state index contributed by atoms with van der Waals surface area (Å²) in [5, 5.41) is 3.46. The molecule has 0 N–H and O–H groups in total. The van der Waals surface area contributed by atoms with Crippen LogP contribution in [0, 0.1) is 6.92 Å². The normalized spacial score (nSPS) is 11.4. The molecule has 2 heteroatoms. The summed E-state index contributed by atoms with van der Waals surface area (Å²) in [6, 6.07) is 16.7. The number of aromatic nitrogens is 2. The second-order valence-electron chi connectivity index (χ2n) is 4.85. The van der Waals surface area contributed by atoms with E-state index in [9.17, 15) is 0 Å². The summed E-state index contributed by atoms with van der Waals surface area (Å²) in [5.41, 5.74) is 4.23. The van der Waals surface area contributed by atoms with Crippen molar-refractivity contribution in [2.24, 2.45) is 0 Å². The molecule has 0 amide bonds. The van der Waals surface area contributed by atoms with Gasteiger partial charge in [-0.3, -0.25) is 4.98 Å². The van der Waals surface area contributed by atoms with E-state index in [0.29, 0.717) is 0 Å². The maximum absolute atomic E-state index is 4.84. The van der Waals surface area contributed by atoms with E-state index in [1.54, 1.807) is 0 Å². The minimum Gasteiger partial charge on any atom is -0.254 e. The van der Waals surface area contributed by atoms with E-state index < -0.39 is 0 Å². The Kier molecular flexibility index (Phi) is 2.06. The Hall–Kier alpha value is -2.48. The Balaban J connectivity index is 2.27. The number of pyridine rings is 2. The molecule has 0 bridgehead atoms. The van der Waals surface area contributed by atoms with Crippen molar-refractivity contribution in [3.63, 3.8) is 0 Å². The Morgan fingerprint density at radius 2 is 1.53 bits per heavy atom. The zero-order valence-electron chi connectivity index (χ0n) is 10.6. The molecule has 0 aliphatic carbocycles. The first kappa shape index (κ1) is 10.4. The summed E-state index contributed by atoms with van der Waals surface area (Å²) in [6.45, 7) is 2.10. The molecule has 90 valence electrons. The Morgan fingerprint density at radius 3 is 2.47 bits per heavy atom. The van der Waals surface area contributed by atoms with Crippen molar-refractivity contribution < 1.29 is 0 Å². The molecule has 2 nitrogen and oxygen atoms in total. The van der Waals surface area contributed by atoms with Crippen molar-refractivity contribution in [2.45, 2.75) is 6.92 Å². The molecule has 2 aromatic carbocycles. The second-order valence-corrected chi connectivity index (χ2v) is 4.85. The molecule has 0 saturated heterocycles. The van der Waals surface area contributed by atoms with E-state index in [2.05, 4.69) is 54.4 Å². The van der Waals surface area contributed by atoms with Crippen molar-refractivity contribution in [2.75, 3.05) is 0 Å². The molecule has 0 radical (unpaired) electrons. The first-order valence-corrected chi connectivity index (χ1v) is 6.37. The highest BCUT2D eigenvalue weighted by Gasteiger charge is 2.06. The van der Waals surface area contributed by atoms with Crippen LogP contribution in [0.2, 0.25) is 0 Å². The molecule has 4 aromatic rings. The van der Waals surface area contributed by atoms with Gasteiger partial charge in [-0.05, 0) is 24.6 Å². The van der Waals surface area contributed by atoms with Crippen LogP contribution < -0.4 is 0 Å². The number of para-hydroxylation sites is 1. The van der Waals surface area contributed by atoms with Crippen LogP contribution in [-0.2, 0) is 0 Å². The number of nitrogens with zero attached hydrogens (tertiary/aromatic N) is 2. The first-order chi connectivity index (χ1) is 9.33. The fourth-order valence-electron chi connectivity index (χ4n) is 2.61. The number of hydrogen-bond donors (Lipinski definition) is 0. The van der Waals surface area contributed by atoms with Gasteiger partial charge in [-0.1, -0.05) is 36.4 Å². The molecule has 2 aromatic heterocycles. The zero-order chi connectivity index (χ0) is 12.8. The predicted molar refractivity (Wildman–Crippen MR) is 79.3 cm³/mol. The number of hydrogen-bond acceptors (Lipinski definition) is 2. The van der Waals surface area contributed by atoms with Crippen molar-refractivity contribution in [3.05, 3.63) is 60.3 Å². The molecular weight excluding hydrogens is 232 g/mol. The second kappa shape index (κ2) is 3.75. The lowest BCUT2D eigenvalue weighted by Crippen LogP contribution is -1.88. The van der Waals surface area contributed by atoms with Crippen LogP contribution >= 0.6 is 0 Å². The smallest absolute Gasteiger partial charge is 0.0972 e. The van der Waals surface area contributed by atoms with Gasteiger partial charge in [-0.2, -0.15) is 0 Å². The van der Waals surface area contributed by atoms with E-state index in [4.69, 9.17) is 4.98 Å². The standard InChI is InChI=1S/C17H12N2/c1-11-4-2-5-13-10-14-8-7-12-6-3-9-18-16(12)17(14)19-15(11)13/h2-10H,1H3. The molecule has 2 heterocycles. The molecule has 0 aliphatic heterocycles. The SMILES string of the molecule is Cc1cccc2cc3ccc4cccnc4c3nc12. The van der Waals surface area contributed by atoms with Gasteiger partial charge >= 0.3 is 0 Å². The Labute approximate surface area is 110 Å². The summed E-state index contributed by atoms with van der Waals surface area (Å²) < 4.78 is 0. The molecule has 0 fully saturated rings. The Morgan fingerprint density at radius 1 is 0.737 bits per heavy atom. The molecule has 19 heavy (non-hydrogen) atoms. The van der Waals surface area contributed by atoms with Gasteiger partial charge in [0, 0.05) is 22.4 Å². The van der Waals surface area contributed by atoms with E-state index in [0.717, 1.165) is 27.3 Å². The van der Waals surface area contributed by atoms with Gasteiger partial charge in [-0.25, -0.2) is 4.98 Å². The third-order valence-corrected chi connectivity index (χ3v) is 3.58. The van der Waals surface area contributed by atoms with Crippen LogP contribution in [-0.4, -0.2) is 9.97 Å². The van der Waals surface area contributed by atoms with Gasteiger partial charge < -0.3 is 0 Å². The number of fused-ring (bicyclic) bond motifs is 4. The summed E-state index contributed by atoms with van der Waals surface area (Å²) in [6.07, 6.45) is 1.82. The summed E-state index contributed by atoms with van der Waals surface area (Å²) in [5.74, 6) is 0. The molecule has 0 saturated carbocycles. The molecular formula is C17H12N2. The average molecular weight is 244 g/mol. The highest BCUT2D eigenvalue weighted by molar-refractivity contribution is 6.06. The quantitative estimate of drug-likeness (QED) is 0.341. The number of rotatable bonds is 0. The third-order valence-electron chi connectivity index (χ3n) is 3.58. The van der Waals surface area contributed by atoms with E-state index in [-0.39, 0.29) is 0 Å². The van der Waals surface area contributed by atoms with Crippen molar-refractivity contribution in [1.82, 2.24) is 9.97 Å². The van der Waals surface area contributed by atoms with Crippen LogP contribution in [0.25, 0.3) is 32.7 Å². The fourth-order valence-corrected chi connectivity index (χ4v) is 2.61. The maximum atomic E-state index is 4.84. The summed E-state index contributed by atoms with van der Waals surface area (Å²) in [7, 11) is 0. The van der Waals surface area contributed by atoms with Crippen LogP contribution in [0.5, 0.6) is 0 Å². The van der Waals surface area contributed by atoms with Crippen LogP contribution in [0.15, 0.2) is 54.7 Å². The monoisotopic (exact) mass is 244 g/mol. The predicted octanol–water partition coefficient (Wildman–Crippen LogP) is 4.24. The summed E-state index contributed by atoms with van der Waals surface area (Å²) in [4.78, 5) is 9.33. The van der Waals surface area contributed by atoms with Crippen LogP contribution in [0.4, 0.5) is 0 Å². The van der Waals surface area contributed by atoms with Gasteiger partial charge in [0.15, 0.2) is 0 Å². The largest absolute Gasteiger partial charge is 0.254 e. The van der Waals surface area contributed by atoms with Gasteiger partial charge in [0.2, 0.25) is 0 Å². The third kappa shape index (κ3) is 1.50. The number of aryl methyl sites for hydroxylation is 1. The van der Waals surface area contributed by atoms with Gasteiger partial charge in [0.05, 0.1) is 16.6 Å². The van der Waals surface area contributed by atoms with Crippen LogP contribution in [0.1, 0.15) is 5.56 Å². The lowest BCUT2D eigenvalue weighted by molar-refractivity contribution is 1.39. The molecule has 0 unspecified atom stereocenters. The molecule has 0 aliphatic rings. The van der Waals surface area contributed by atoms with Crippen molar-refractivity contribution in [1.29, 1.82) is 0 Å². The van der Waals surface area contributed by atoms with Gasteiger partial charge in [0.25, 0.3) is 0 Å². The minimum atomic E-state index is 0.977. The molecule has 0 spiro atoms. The fraction of sp³-hybridized carbons (Fsp3) is 0.0588. The minimum absolute atomic E-state index is 0.977. The highest BCUT2D eigenvalue weighted by atomic mass is 14.7. The zero-order valence-corrected chi connectivity index (χ0v) is 10.6. The lowest BCUT2D eigenvalue weighted by Gasteiger charge is -2.06. The lowest BCUT2D eigenvalue weighted by atomic mass is 10.1. The molecule has 0 atom stereocenters. The van der Waals surface area contributed by atoms with Gasteiger partial charge in [-0.15, -0.1) is 0 Å². The van der Waals surface area contributed by atoms with Crippen LogP contribution in [0.3, 0.4) is 0 Å². The Bertz CT molecular complexity index is 926. The van der Waals surface area contributed by atoms with Gasteiger partial charge in [0.1, 0.15) is 0 Å². The first-order valence-electron chi connectivity index (χ1n) is 6.37. The average Bonchev–Trinajstić information content (AvgIpc) is 2.46. The maximum Gasteiger partial charge on any atom is 0.0972 e. The highest BCUT2D eigenvalue weighted by Crippen LogP contribution is 2.26. The summed E-state index contributed by atoms with van der Waals surface area (Å²) >= 11 is 0. The van der Waals surface area contributed by atoms with Crippen molar-refractivity contribution >= 4 is 32.7 Å². The number of benzene rings is 2. The van der Waals surface area contributed by atoms with E-state index in [1.807, 2.05) is 12.3 Å². The van der Waals surface area contributed by atoms with Crippen molar-refractivity contribution in [3.8, 4) is 0 Å². The topological polar surface area (TPSA) is 25.8 Å². The van der Waals surface area contributed by atoms with E-state index >= 15 is 0 Å².